The highest BCUT2D eigenvalue weighted by atomic mass is 16.5. The summed E-state index contributed by atoms with van der Waals surface area (Å²) in [7, 11) is 5.48. The van der Waals surface area contributed by atoms with Gasteiger partial charge in [0.15, 0.2) is 0 Å². The van der Waals surface area contributed by atoms with Crippen molar-refractivity contribution in [2.24, 2.45) is 11.3 Å². The molecule has 2 rings (SSSR count). The Morgan fingerprint density at radius 3 is 2.52 bits per heavy atom. The van der Waals surface area contributed by atoms with E-state index in [1.807, 2.05) is 12.1 Å². The zero-order valence-electron chi connectivity index (χ0n) is 14.0. The lowest BCUT2D eigenvalue weighted by molar-refractivity contribution is 0.100. The molecule has 118 valence electrons. The second kappa shape index (κ2) is 6.69. The molecule has 1 aromatic rings. The minimum absolute atomic E-state index is 0.321. The molecule has 0 spiro atoms. The van der Waals surface area contributed by atoms with Crippen LogP contribution in [0.3, 0.4) is 0 Å². The van der Waals surface area contributed by atoms with Crippen LogP contribution in [-0.4, -0.2) is 21.3 Å². The maximum absolute atomic E-state index is 5.61. The molecule has 3 heteroatoms. The Kier molecular flexibility index (Phi) is 5.15. The SMILES string of the molecule is CNC(c1ccc(OC)cc1OC)C1CCCCC1(C)C. The van der Waals surface area contributed by atoms with Gasteiger partial charge in [-0.15, -0.1) is 0 Å². The van der Waals surface area contributed by atoms with Gasteiger partial charge in [-0.2, -0.15) is 0 Å². The van der Waals surface area contributed by atoms with E-state index in [2.05, 4.69) is 32.3 Å². The molecule has 1 aliphatic carbocycles. The lowest BCUT2D eigenvalue weighted by Gasteiger charge is -2.43. The summed E-state index contributed by atoms with van der Waals surface area (Å²) in [6, 6.07) is 6.47. The van der Waals surface area contributed by atoms with Gasteiger partial charge in [-0.25, -0.2) is 0 Å². The normalized spacial score (nSPS) is 22.6. The van der Waals surface area contributed by atoms with E-state index in [0.29, 0.717) is 17.4 Å². The topological polar surface area (TPSA) is 30.5 Å². The van der Waals surface area contributed by atoms with Crippen LogP contribution in [0.4, 0.5) is 0 Å². The Morgan fingerprint density at radius 2 is 1.95 bits per heavy atom. The van der Waals surface area contributed by atoms with Gasteiger partial charge >= 0.3 is 0 Å². The van der Waals surface area contributed by atoms with Crippen LogP contribution in [0.2, 0.25) is 0 Å². The first kappa shape index (κ1) is 16.2. The third-order valence-electron chi connectivity index (χ3n) is 5.08. The second-order valence-electron chi connectivity index (χ2n) is 6.72. The van der Waals surface area contributed by atoms with Gasteiger partial charge in [0.2, 0.25) is 0 Å². The van der Waals surface area contributed by atoms with Crippen LogP contribution in [-0.2, 0) is 0 Å². The summed E-state index contributed by atoms with van der Waals surface area (Å²) in [6.45, 7) is 4.80. The summed E-state index contributed by atoms with van der Waals surface area (Å²) in [4.78, 5) is 0. The summed E-state index contributed by atoms with van der Waals surface area (Å²) in [5.41, 5.74) is 1.59. The zero-order chi connectivity index (χ0) is 15.5. The fourth-order valence-corrected chi connectivity index (χ4v) is 3.79. The minimum atomic E-state index is 0.321. The van der Waals surface area contributed by atoms with Crippen LogP contribution in [0, 0.1) is 11.3 Å². The van der Waals surface area contributed by atoms with Crippen molar-refractivity contribution in [1.29, 1.82) is 0 Å². The van der Waals surface area contributed by atoms with Crippen LogP contribution in [0.15, 0.2) is 18.2 Å². The molecule has 2 unspecified atom stereocenters. The van der Waals surface area contributed by atoms with E-state index in [1.54, 1.807) is 14.2 Å². The van der Waals surface area contributed by atoms with E-state index in [-0.39, 0.29) is 0 Å². The smallest absolute Gasteiger partial charge is 0.127 e. The van der Waals surface area contributed by atoms with E-state index < -0.39 is 0 Å². The monoisotopic (exact) mass is 291 g/mol. The van der Waals surface area contributed by atoms with Gasteiger partial charge < -0.3 is 14.8 Å². The Balaban J connectivity index is 2.36. The molecule has 1 aliphatic rings. The molecule has 0 aliphatic heterocycles. The molecule has 1 N–H and O–H groups in total. The van der Waals surface area contributed by atoms with E-state index in [9.17, 15) is 0 Å². The molecule has 0 saturated heterocycles. The molecule has 0 aromatic heterocycles. The van der Waals surface area contributed by atoms with Crippen molar-refractivity contribution in [2.75, 3.05) is 21.3 Å². The average Bonchev–Trinajstić information content (AvgIpc) is 2.49. The van der Waals surface area contributed by atoms with E-state index >= 15 is 0 Å². The van der Waals surface area contributed by atoms with Crippen LogP contribution in [0.1, 0.15) is 51.1 Å². The number of nitrogens with one attached hydrogen (secondary N) is 1. The minimum Gasteiger partial charge on any atom is -0.497 e. The van der Waals surface area contributed by atoms with E-state index in [4.69, 9.17) is 9.47 Å². The van der Waals surface area contributed by atoms with Gasteiger partial charge in [-0.05, 0) is 37.3 Å². The molecule has 0 amide bonds. The summed E-state index contributed by atoms with van der Waals surface area (Å²) >= 11 is 0. The van der Waals surface area contributed by atoms with E-state index in [0.717, 1.165) is 11.5 Å². The number of benzene rings is 1. The summed E-state index contributed by atoms with van der Waals surface area (Å²) in [5.74, 6) is 2.38. The van der Waals surface area contributed by atoms with Gasteiger partial charge in [0, 0.05) is 17.7 Å². The van der Waals surface area contributed by atoms with Crippen molar-refractivity contribution >= 4 is 0 Å². The Labute approximate surface area is 129 Å². The molecule has 1 fully saturated rings. The average molecular weight is 291 g/mol. The fourth-order valence-electron chi connectivity index (χ4n) is 3.79. The lowest BCUT2D eigenvalue weighted by atomic mass is 9.64. The van der Waals surface area contributed by atoms with Gasteiger partial charge in [0.1, 0.15) is 11.5 Å². The number of hydrogen-bond donors (Lipinski definition) is 1. The van der Waals surface area contributed by atoms with Gasteiger partial charge in [-0.1, -0.05) is 32.8 Å². The first-order chi connectivity index (χ1) is 10.0. The number of ether oxygens (including phenoxy) is 2. The molecular weight excluding hydrogens is 262 g/mol. The van der Waals surface area contributed by atoms with Crippen molar-refractivity contribution in [3.63, 3.8) is 0 Å². The van der Waals surface area contributed by atoms with Crippen molar-refractivity contribution in [3.8, 4) is 11.5 Å². The van der Waals surface area contributed by atoms with Crippen molar-refractivity contribution < 1.29 is 9.47 Å². The summed E-state index contributed by atoms with van der Waals surface area (Å²) in [5, 5.41) is 3.54. The summed E-state index contributed by atoms with van der Waals surface area (Å²) < 4.78 is 10.9. The quantitative estimate of drug-likeness (QED) is 0.882. The highest BCUT2D eigenvalue weighted by Crippen LogP contribution is 2.48. The molecule has 0 bridgehead atoms. The zero-order valence-corrected chi connectivity index (χ0v) is 14.0. The Hall–Kier alpha value is -1.22. The van der Waals surface area contributed by atoms with Gasteiger partial charge in [0.05, 0.1) is 14.2 Å². The first-order valence-electron chi connectivity index (χ1n) is 7.92. The highest BCUT2D eigenvalue weighted by molar-refractivity contribution is 5.43. The molecule has 1 saturated carbocycles. The number of rotatable bonds is 5. The molecule has 0 radical (unpaired) electrons. The molecule has 2 atom stereocenters. The Bertz CT molecular complexity index is 470. The molecule has 3 nitrogen and oxygen atoms in total. The molecule has 1 aromatic carbocycles. The largest absolute Gasteiger partial charge is 0.497 e. The van der Waals surface area contributed by atoms with Crippen LogP contribution in [0.25, 0.3) is 0 Å². The fraction of sp³-hybridized carbons (Fsp3) is 0.667. The van der Waals surface area contributed by atoms with Crippen molar-refractivity contribution in [2.45, 2.75) is 45.6 Å². The van der Waals surface area contributed by atoms with Gasteiger partial charge in [0.25, 0.3) is 0 Å². The van der Waals surface area contributed by atoms with Crippen molar-refractivity contribution in [1.82, 2.24) is 5.32 Å². The maximum atomic E-state index is 5.61. The molecular formula is C18H29NO2. The van der Waals surface area contributed by atoms with E-state index in [1.165, 1.54) is 31.2 Å². The van der Waals surface area contributed by atoms with Crippen LogP contribution in [0.5, 0.6) is 11.5 Å². The third-order valence-corrected chi connectivity index (χ3v) is 5.08. The van der Waals surface area contributed by atoms with Crippen LogP contribution >= 0.6 is 0 Å². The maximum Gasteiger partial charge on any atom is 0.127 e. The predicted octanol–water partition coefficient (Wildman–Crippen LogP) is 4.18. The molecule has 21 heavy (non-hydrogen) atoms. The Morgan fingerprint density at radius 1 is 1.19 bits per heavy atom. The summed E-state index contributed by atoms with van der Waals surface area (Å²) in [6.07, 6.45) is 5.24. The predicted molar refractivity (Wildman–Crippen MR) is 87.1 cm³/mol. The molecule has 0 heterocycles. The van der Waals surface area contributed by atoms with Crippen LogP contribution < -0.4 is 14.8 Å². The highest BCUT2D eigenvalue weighted by Gasteiger charge is 2.38. The number of hydrogen-bond acceptors (Lipinski definition) is 3. The second-order valence-corrected chi connectivity index (χ2v) is 6.72. The standard InChI is InChI=1S/C18H29NO2/c1-18(2)11-7-6-8-15(18)17(19-3)14-10-9-13(20-4)12-16(14)21-5/h9-10,12,15,17,19H,6-8,11H2,1-5H3. The van der Waals surface area contributed by atoms with Crippen molar-refractivity contribution in [3.05, 3.63) is 23.8 Å². The first-order valence-corrected chi connectivity index (χ1v) is 7.92. The third kappa shape index (κ3) is 3.34. The lowest BCUT2D eigenvalue weighted by Crippen LogP contribution is -2.38. The number of methoxy groups -OCH3 is 2. The van der Waals surface area contributed by atoms with Gasteiger partial charge in [-0.3, -0.25) is 0 Å².